The van der Waals surface area contributed by atoms with E-state index in [2.05, 4.69) is 20.8 Å². The number of thiocarbonyl (C=S) groups is 1. The summed E-state index contributed by atoms with van der Waals surface area (Å²) in [6.45, 7) is 1.28. The van der Waals surface area contributed by atoms with Crippen molar-refractivity contribution in [2.24, 2.45) is 5.73 Å². The first-order chi connectivity index (χ1) is 9.08. The van der Waals surface area contributed by atoms with Crippen LogP contribution in [0.2, 0.25) is 0 Å². The number of halogens is 2. The molecule has 0 amide bonds. The molecule has 0 atom stereocenters. The van der Waals surface area contributed by atoms with Crippen LogP contribution < -0.4 is 5.73 Å². The standard InChI is InChI=1S/C14H18BrFN2S/c15-14-10(4-3-7-12(14)16)8-18(9-13(17)19)11-5-1-2-6-11/h3-4,7,11H,1-2,5-6,8-9H2,(H2,17,19). The fourth-order valence-corrected chi connectivity index (χ4v) is 3.23. The topological polar surface area (TPSA) is 29.3 Å². The van der Waals surface area contributed by atoms with Gasteiger partial charge in [-0.2, -0.15) is 0 Å². The van der Waals surface area contributed by atoms with Gasteiger partial charge >= 0.3 is 0 Å². The van der Waals surface area contributed by atoms with E-state index in [-0.39, 0.29) is 5.82 Å². The maximum Gasteiger partial charge on any atom is 0.137 e. The summed E-state index contributed by atoms with van der Waals surface area (Å²) in [7, 11) is 0. The highest BCUT2D eigenvalue weighted by Gasteiger charge is 2.23. The SMILES string of the molecule is NC(=S)CN(Cc1cccc(F)c1Br)C1CCCC1. The largest absolute Gasteiger partial charge is 0.392 e. The first-order valence-electron chi connectivity index (χ1n) is 6.53. The molecule has 0 aromatic heterocycles. The smallest absolute Gasteiger partial charge is 0.137 e. The van der Waals surface area contributed by atoms with Gasteiger partial charge in [-0.3, -0.25) is 4.90 Å². The Hall–Kier alpha value is -0.520. The van der Waals surface area contributed by atoms with E-state index in [0.717, 1.165) is 5.56 Å². The minimum absolute atomic E-state index is 0.223. The third-order valence-corrected chi connectivity index (χ3v) is 4.62. The minimum atomic E-state index is -0.223. The van der Waals surface area contributed by atoms with Crippen LogP contribution in [-0.2, 0) is 6.54 Å². The van der Waals surface area contributed by atoms with Gasteiger partial charge in [0, 0.05) is 19.1 Å². The Morgan fingerprint density at radius 1 is 1.42 bits per heavy atom. The zero-order valence-electron chi connectivity index (χ0n) is 10.7. The molecule has 2 rings (SSSR count). The second kappa shape index (κ2) is 6.77. The van der Waals surface area contributed by atoms with E-state index < -0.39 is 0 Å². The first kappa shape index (κ1) is 14.9. The van der Waals surface area contributed by atoms with Gasteiger partial charge in [0.25, 0.3) is 0 Å². The molecule has 1 saturated carbocycles. The zero-order valence-corrected chi connectivity index (χ0v) is 13.1. The Morgan fingerprint density at radius 2 is 2.11 bits per heavy atom. The predicted octanol–water partition coefficient (Wildman–Crippen LogP) is 3.62. The van der Waals surface area contributed by atoms with Crippen molar-refractivity contribution in [2.45, 2.75) is 38.3 Å². The van der Waals surface area contributed by atoms with Crippen LogP contribution in [0, 0.1) is 5.82 Å². The molecule has 0 saturated heterocycles. The average Bonchev–Trinajstić information content (AvgIpc) is 2.87. The van der Waals surface area contributed by atoms with Crippen LogP contribution in [0.3, 0.4) is 0 Å². The molecule has 1 aromatic rings. The molecule has 0 unspecified atom stereocenters. The summed E-state index contributed by atoms with van der Waals surface area (Å²) in [5.74, 6) is -0.223. The molecule has 0 radical (unpaired) electrons. The number of nitrogens with zero attached hydrogens (tertiary/aromatic N) is 1. The third-order valence-electron chi connectivity index (χ3n) is 3.61. The maximum atomic E-state index is 13.6. The second-order valence-corrected chi connectivity index (χ2v) is 6.34. The van der Waals surface area contributed by atoms with Crippen molar-refractivity contribution >= 4 is 33.1 Å². The highest BCUT2D eigenvalue weighted by molar-refractivity contribution is 9.10. The van der Waals surface area contributed by atoms with Crippen molar-refractivity contribution in [1.29, 1.82) is 0 Å². The zero-order chi connectivity index (χ0) is 13.8. The number of rotatable bonds is 5. The molecule has 19 heavy (non-hydrogen) atoms. The van der Waals surface area contributed by atoms with Gasteiger partial charge in [0.05, 0.1) is 9.46 Å². The molecule has 5 heteroatoms. The van der Waals surface area contributed by atoms with Gasteiger partial charge in [-0.05, 0) is 40.4 Å². The second-order valence-electron chi connectivity index (χ2n) is 5.02. The Morgan fingerprint density at radius 3 is 2.74 bits per heavy atom. The fraction of sp³-hybridized carbons (Fsp3) is 0.500. The van der Waals surface area contributed by atoms with E-state index >= 15 is 0 Å². The summed E-state index contributed by atoms with van der Waals surface area (Å²) in [6, 6.07) is 5.65. The fourth-order valence-electron chi connectivity index (χ4n) is 2.67. The first-order valence-corrected chi connectivity index (χ1v) is 7.73. The molecule has 2 N–H and O–H groups in total. The molecule has 1 aromatic carbocycles. The molecule has 0 aliphatic heterocycles. The van der Waals surface area contributed by atoms with Crippen LogP contribution in [-0.4, -0.2) is 22.5 Å². The van der Waals surface area contributed by atoms with Crippen LogP contribution in [0.25, 0.3) is 0 Å². The van der Waals surface area contributed by atoms with Crippen molar-refractivity contribution in [1.82, 2.24) is 4.90 Å². The van der Waals surface area contributed by atoms with Crippen LogP contribution in [0.5, 0.6) is 0 Å². The lowest BCUT2D eigenvalue weighted by Gasteiger charge is -2.28. The Bertz CT molecular complexity index is 461. The number of nitrogens with two attached hydrogens (primary N) is 1. The van der Waals surface area contributed by atoms with Gasteiger partial charge in [-0.25, -0.2) is 4.39 Å². The molecular formula is C14H18BrFN2S. The van der Waals surface area contributed by atoms with Crippen LogP contribution in [0.15, 0.2) is 22.7 Å². The van der Waals surface area contributed by atoms with Gasteiger partial charge in [0.2, 0.25) is 0 Å². The Balaban J connectivity index is 2.14. The average molecular weight is 345 g/mol. The lowest BCUT2D eigenvalue weighted by molar-refractivity contribution is 0.218. The van der Waals surface area contributed by atoms with E-state index in [1.165, 1.54) is 31.7 Å². The lowest BCUT2D eigenvalue weighted by atomic mass is 10.1. The monoisotopic (exact) mass is 344 g/mol. The normalized spacial score (nSPS) is 16.2. The highest BCUT2D eigenvalue weighted by atomic mass is 79.9. The molecule has 1 aliphatic carbocycles. The van der Waals surface area contributed by atoms with Crippen molar-refractivity contribution in [3.8, 4) is 0 Å². The van der Waals surface area contributed by atoms with Crippen molar-refractivity contribution in [3.05, 3.63) is 34.1 Å². The van der Waals surface area contributed by atoms with E-state index in [9.17, 15) is 4.39 Å². The Labute approximate surface area is 127 Å². The van der Waals surface area contributed by atoms with Crippen molar-refractivity contribution < 1.29 is 4.39 Å². The summed E-state index contributed by atoms with van der Waals surface area (Å²) in [5.41, 5.74) is 6.63. The van der Waals surface area contributed by atoms with Crippen LogP contribution >= 0.6 is 28.1 Å². The molecular weight excluding hydrogens is 327 g/mol. The van der Waals surface area contributed by atoms with Gasteiger partial charge in [0.1, 0.15) is 5.82 Å². The molecule has 1 fully saturated rings. The van der Waals surface area contributed by atoms with E-state index in [0.29, 0.717) is 28.6 Å². The molecule has 2 nitrogen and oxygen atoms in total. The molecule has 104 valence electrons. The summed E-state index contributed by atoms with van der Waals surface area (Å²) in [6.07, 6.45) is 4.86. The highest BCUT2D eigenvalue weighted by Crippen LogP contribution is 2.27. The summed E-state index contributed by atoms with van der Waals surface area (Å²) < 4.78 is 14.1. The van der Waals surface area contributed by atoms with Gasteiger partial charge in [-0.1, -0.05) is 37.2 Å². The lowest BCUT2D eigenvalue weighted by Crippen LogP contribution is -2.39. The van der Waals surface area contributed by atoms with Crippen molar-refractivity contribution in [3.63, 3.8) is 0 Å². The molecule has 0 spiro atoms. The van der Waals surface area contributed by atoms with Gasteiger partial charge in [0.15, 0.2) is 0 Å². The number of hydrogen-bond acceptors (Lipinski definition) is 2. The number of benzene rings is 1. The van der Waals surface area contributed by atoms with Crippen LogP contribution in [0.4, 0.5) is 4.39 Å². The summed E-state index contributed by atoms with van der Waals surface area (Å²) in [5, 5.41) is 0. The summed E-state index contributed by atoms with van der Waals surface area (Å²) in [4.78, 5) is 2.77. The van der Waals surface area contributed by atoms with E-state index in [4.69, 9.17) is 18.0 Å². The maximum absolute atomic E-state index is 13.6. The third kappa shape index (κ3) is 3.97. The van der Waals surface area contributed by atoms with Gasteiger partial charge < -0.3 is 5.73 Å². The van der Waals surface area contributed by atoms with E-state index in [1.807, 2.05) is 6.07 Å². The molecule has 0 bridgehead atoms. The quantitative estimate of drug-likeness (QED) is 0.827. The van der Waals surface area contributed by atoms with Crippen LogP contribution in [0.1, 0.15) is 31.2 Å². The minimum Gasteiger partial charge on any atom is -0.392 e. The molecule has 1 aliphatic rings. The Kier molecular flexibility index (Phi) is 5.30. The molecule has 0 heterocycles. The van der Waals surface area contributed by atoms with E-state index in [1.54, 1.807) is 6.07 Å². The summed E-state index contributed by atoms with van der Waals surface area (Å²) >= 11 is 8.35. The number of hydrogen-bond donors (Lipinski definition) is 1. The predicted molar refractivity (Wildman–Crippen MR) is 83.6 cm³/mol. The van der Waals surface area contributed by atoms with Gasteiger partial charge in [-0.15, -0.1) is 0 Å². The van der Waals surface area contributed by atoms with Crippen molar-refractivity contribution in [2.75, 3.05) is 6.54 Å².